The van der Waals surface area contributed by atoms with Crippen LogP contribution in [0.15, 0.2) is 59.8 Å². The van der Waals surface area contributed by atoms with Gasteiger partial charge in [-0.15, -0.1) is 0 Å². The molecule has 0 radical (unpaired) electrons. The molecule has 0 aliphatic rings. The first-order valence-corrected chi connectivity index (χ1v) is 7.40. The van der Waals surface area contributed by atoms with Gasteiger partial charge < -0.3 is 10.3 Å². The highest BCUT2D eigenvalue weighted by Crippen LogP contribution is 2.17. The average molecular weight is 320 g/mol. The molecule has 3 rings (SSSR count). The first-order chi connectivity index (χ1) is 11.6. The number of amides is 2. The number of nitrogens with one attached hydrogen (secondary N) is 3. The standard InChI is InChI=1S/C18H16N4O2/c1-12(23)21-14-8-6-13(7-9-14)10-20-22-18(24)16-11-19-17-5-3-2-4-15(16)17/h2-11,19H,1H3,(H,21,23)(H,22,24)/b20-10+. The lowest BCUT2D eigenvalue weighted by Crippen LogP contribution is -2.17. The molecule has 0 spiro atoms. The SMILES string of the molecule is CC(=O)Nc1ccc(/C=N/NC(=O)c2c[nH]c3ccccc23)cc1. The molecule has 3 aromatic rings. The van der Waals surface area contributed by atoms with Crippen LogP contribution in [0.2, 0.25) is 0 Å². The van der Waals surface area contributed by atoms with Crippen molar-refractivity contribution in [3.05, 3.63) is 65.9 Å². The number of hydrazone groups is 1. The Morgan fingerprint density at radius 2 is 1.83 bits per heavy atom. The Balaban J connectivity index is 1.65. The zero-order valence-electron chi connectivity index (χ0n) is 13.0. The summed E-state index contributed by atoms with van der Waals surface area (Å²) >= 11 is 0. The third kappa shape index (κ3) is 3.49. The van der Waals surface area contributed by atoms with Crippen molar-refractivity contribution < 1.29 is 9.59 Å². The second-order valence-electron chi connectivity index (χ2n) is 5.25. The molecule has 0 aliphatic heterocycles. The topological polar surface area (TPSA) is 86.3 Å². The van der Waals surface area contributed by atoms with Crippen molar-refractivity contribution in [3.8, 4) is 0 Å². The third-order valence-electron chi connectivity index (χ3n) is 3.44. The number of carbonyl (C=O) groups is 2. The van der Waals surface area contributed by atoms with E-state index in [1.807, 2.05) is 24.3 Å². The molecule has 2 aromatic carbocycles. The highest BCUT2D eigenvalue weighted by molar-refractivity contribution is 6.06. The Morgan fingerprint density at radius 1 is 1.08 bits per heavy atom. The maximum absolute atomic E-state index is 12.2. The maximum Gasteiger partial charge on any atom is 0.273 e. The summed E-state index contributed by atoms with van der Waals surface area (Å²) in [5, 5.41) is 7.51. The first-order valence-electron chi connectivity index (χ1n) is 7.40. The monoisotopic (exact) mass is 320 g/mol. The zero-order valence-corrected chi connectivity index (χ0v) is 13.0. The van der Waals surface area contributed by atoms with Gasteiger partial charge in [0.15, 0.2) is 0 Å². The van der Waals surface area contributed by atoms with E-state index < -0.39 is 0 Å². The fraction of sp³-hybridized carbons (Fsp3) is 0.0556. The number of para-hydroxylation sites is 1. The second-order valence-corrected chi connectivity index (χ2v) is 5.25. The fourth-order valence-electron chi connectivity index (χ4n) is 2.34. The molecule has 120 valence electrons. The molecule has 2 amide bonds. The summed E-state index contributed by atoms with van der Waals surface area (Å²) < 4.78 is 0. The molecular formula is C18H16N4O2. The van der Waals surface area contributed by atoms with E-state index in [1.165, 1.54) is 6.92 Å². The van der Waals surface area contributed by atoms with Gasteiger partial charge in [-0.3, -0.25) is 9.59 Å². The van der Waals surface area contributed by atoms with Crippen LogP contribution in [-0.4, -0.2) is 23.0 Å². The molecule has 0 bridgehead atoms. The Kier molecular flexibility index (Phi) is 4.38. The van der Waals surface area contributed by atoms with Crippen LogP contribution in [0, 0.1) is 0 Å². The molecule has 1 aromatic heterocycles. The van der Waals surface area contributed by atoms with E-state index in [0.717, 1.165) is 16.5 Å². The largest absolute Gasteiger partial charge is 0.360 e. The van der Waals surface area contributed by atoms with Crippen LogP contribution >= 0.6 is 0 Å². The number of fused-ring (bicyclic) bond motifs is 1. The number of nitrogens with zero attached hydrogens (tertiary/aromatic N) is 1. The molecule has 0 saturated carbocycles. The Labute approximate surface area is 138 Å². The number of hydrogen-bond acceptors (Lipinski definition) is 3. The van der Waals surface area contributed by atoms with Crippen LogP contribution < -0.4 is 10.7 Å². The third-order valence-corrected chi connectivity index (χ3v) is 3.44. The van der Waals surface area contributed by atoms with E-state index in [-0.39, 0.29) is 11.8 Å². The van der Waals surface area contributed by atoms with Crippen molar-refractivity contribution in [2.24, 2.45) is 5.10 Å². The van der Waals surface area contributed by atoms with Crippen LogP contribution in [0.5, 0.6) is 0 Å². The van der Waals surface area contributed by atoms with Gasteiger partial charge in [0.1, 0.15) is 0 Å². The molecule has 6 nitrogen and oxygen atoms in total. The van der Waals surface area contributed by atoms with Gasteiger partial charge in [0.25, 0.3) is 5.91 Å². The van der Waals surface area contributed by atoms with E-state index in [9.17, 15) is 9.59 Å². The van der Waals surface area contributed by atoms with Gasteiger partial charge in [0, 0.05) is 29.7 Å². The first kappa shape index (κ1) is 15.5. The summed E-state index contributed by atoms with van der Waals surface area (Å²) in [5.74, 6) is -0.402. The van der Waals surface area contributed by atoms with Crippen LogP contribution in [0.4, 0.5) is 5.69 Å². The predicted octanol–water partition coefficient (Wildman–Crippen LogP) is 2.89. The van der Waals surface area contributed by atoms with Gasteiger partial charge in [-0.1, -0.05) is 30.3 Å². The number of H-pyrrole nitrogens is 1. The van der Waals surface area contributed by atoms with Gasteiger partial charge in [0.2, 0.25) is 5.91 Å². The average Bonchev–Trinajstić information content (AvgIpc) is 3.00. The number of hydrogen-bond donors (Lipinski definition) is 3. The molecule has 3 N–H and O–H groups in total. The van der Waals surface area contributed by atoms with Crippen LogP contribution in [-0.2, 0) is 4.79 Å². The number of carbonyl (C=O) groups excluding carboxylic acids is 2. The minimum absolute atomic E-state index is 0.123. The smallest absolute Gasteiger partial charge is 0.273 e. The summed E-state index contributed by atoms with van der Waals surface area (Å²) in [6.07, 6.45) is 3.21. The van der Waals surface area contributed by atoms with E-state index in [2.05, 4.69) is 20.8 Å². The van der Waals surface area contributed by atoms with Crippen molar-refractivity contribution in [1.82, 2.24) is 10.4 Å². The predicted molar refractivity (Wildman–Crippen MR) is 94.1 cm³/mol. The molecule has 0 unspecified atom stereocenters. The van der Waals surface area contributed by atoms with Gasteiger partial charge in [-0.25, -0.2) is 5.43 Å². The minimum atomic E-state index is -0.279. The number of aromatic nitrogens is 1. The molecule has 24 heavy (non-hydrogen) atoms. The minimum Gasteiger partial charge on any atom is -0.360 e. The van der Waals surface area contributed by atoms with E-state index in [1.54, 1.807) is 36.7 Å². The van der Waals surface area contributed by atoms with Crippen LogP contribution in [0.3, 0.4) is 0 Å². The number of anilines is 1. The number of aromatic amines is 1. The number of rotatable bonds is 4. The van der Waals surface area contributed by atoms with Crippen molar-refractivity contribution in [3.63, 3.8) is 0 Å². The van der Waals surface area contributed by atoms with Gasteiger partial charge in [-0.05, 0) is 23.8 Å². The summed E-state index contributed by atoms with van der Waals surface area (Å²) in [5.41, 5.74) is 5.48. The van der Waals surface area contributed by atoms with Crippen molar-refractivity contribution in [2.75, 3.05) is 5.32 Å². The summed E-state index contributed by atoms with van der Waals surface area (Å²) in [4.78, 5) is 26.2. The lowest BCUT2D eigenvalue weighted by molar-refractivity contribution is -0.114. The summed E-state index contributed by atoms with van der Waals surface area (Å²) in [6, 6.07) is 14.7. The highest BCUT2D eigenvalue weighted by atomic mass is 16.2. The lowest BCUT2D eigenvalue weighted by atomic mass is 10.2. The Hall–Kier alpha value is -3.41. The zero-order chi connectivity index (χ0) is 16.9. The quantitative estimate of drug-likeness (QED) is 0.510. The van der Waals surface area contributed by atoms with Gasteiger partial charge in [-0.2, -0.15) is 5.10 Å². The molecule has 0 saturated heterocycles. The van der Waals surface area contributed by atoms with Crippen molar-refractivity contribution in [2.45, 2.75) is 6.92 Å². The van der Waals surface area contributed by atoms with Crippen molar-refractivity contribution >= 4 is 34.6 Å². The van der Waals surface area contributed by atoms with Gasteiger partial charge >= 0.3 is 0 Å². The second kappa shape index (κ2) is 6.78. The molecule has 1 heterocycles. The number of benzene rings is 2. The molecular weight excluding hydrogens is 304 g/mol. The molecule has 0 aliphatic carbocycles. The van der Waals surface area contributed by atoms with Gasteiger partial charge in [0.05, 0.1) is 11.8 Å². The Morgan fingerprint density at radius 3 is 2.58 bits per heavy atom. The maximum atomic E-state index is 12.2. The molecule has 0 atom stereocenters. The molecule has 6 heteroatoms. The van der Waals surface area contributed by atoms with E-state index in [0.29, 0.717) is 11.3 Å². The molecule has 0 fully saturated rings. The van der Waals surface area contributed by atoms with Crippen LogP contribution in [0.1, 0.15) is 22.8 Å². The van der Waals surface area contributed by atoms with E-state index in [4.69, 9.17) is 0 Å². The fourth-order valence-corrected chi connectivity index (χ4v) is 2.34. The van der Waals surface area contributed by atoms with E-state index >= 15 is 0 Å². The van der Waals surface area contributed by atoms with Crippen molar-refractivity contribution in [1.29, 1.82) is 0 Å². The normalized spacial score (nSPS) is 10.9. The summed E-state index contributed by atoms with van der Waals surface area (Å²) in [7, 11) is 0. The Bertz CT molecular complexity index is 910. The highest BCUT2D eigenvalue weighted by Gasteiger charge is 2.10. The summed E-state index contributed by atoms with van der Waals surface area (Å²) in [6.45, 7) is 1.45. The van der Waals surface area contributed by atoms with Crippen LogP contribution in [0.25, 0.3) is 10.9 Å². The lowest BCUT2D eigenvalue weighted by Gasteiger charge is -2.01.